The lowest BCUT2D eigenvalue weighted by molar-refractivity contribution is -0.125. The van der Waals surface area contributed by atoms with Crippen molar-refractivity contribution in [2.24, 2.45) is 0 Å². The van der Waals surface area contributed by atoms with Crippen LogP contribution in [0.5, 0.6) is 0 Å². The predicted octanol–water partition coefficient (Wildman–Crippen LogP) is 1.18. The lowest BCUT2D eigenvalue weighted by atomic mass is 10.2. The van der Waals surface area contributed by atoms with Crippen molar-refractivity contribution >= 4 is 11.7 Å². The summed E-state index contributed by atoms with van der Waals surface area (Å²) in [5, 5.41) is 11.2. The first-order valence-electron chi connectivity index (χ1n) is 5.90. The van der Waals surface area contributed by atoms with Crippen LogP contribution in [-0.4, -0.2) is 34.8 Å². The number of carbonyl (C=O) groups is 1. The number of rotatable bonds is 3. The number of aliphatic hydroxyl groups is 1. The highest BCUT2D eigenvalue weighted by Crippen LogP contribution is 2.08. The van der Waals surface area contributed by atoms with Gasteiger partial charge in [0.25, 0.3) is 5.91 Å². The summed E-state index contributed by atoms with van der Waals surface area (Å²) in [5.74, 6) is 5.41. The van der Waals surface area contributed by atoms with Crippen LogP contribution >= 0.6 is 0 Å². The molecule has 1 aromatic rings. The predicted molar refractivity (Wildman–Crippen MR) is 72.5 cm³/mol. The van der Waals surface area contributed by atoms with Gasteiger partial charge in [-0.05, 0) is 32.9 Å². The van der Waals surface area contributed by atoms with Gasteiger partial charge < -0.3 is 15.2 Å². The third-order valence-corrected chi connectivity index (χ3v) is 1.98. The number of hydrogen-bond acceptors (Lipinski definition) is 4. The second kappa shape index (κ2) is 6.88. The van der Waals surface area contributed by atoms with E-state index in [1.165, 1.54) is 0 Å². The van der Waals surface area contributed by atoms with Gasteiger partial charge in [0.05, 0.1) is 5.60 Å². The van der Waals surface area contributed by atoms with E-state index in [2.05, 4.69) is 22.1 Å². The lowest BCUT2D eigenvalue weighted by Gasteiger charge is -2.18. The van der Waals surface area contributed by atoms with E-state index in [0.29, 0.717) is 11.4 Å². The molecule has 0 aromatic carbocycles. The number of ether oxygens (including phenoxy) is 1. The maximum absolute atomic E-state index is 11.6. The highest BCUT2D eigenvalue weighted by molar-refractivity contribution is 5.90. The molecule has 0 aliphatic carbocycles. The number of amides is 1. The van der Waals surface area contributed by atoms with Crippen molar-refractivity contribution < 1.29 is 14.6 Å². The Labute approximate surface area is 113 Å². The van der Waals surface area contributed by atoms with Crippen LogP contribution in [0.1, 0.15) is 26.3 Å². The lowest BCUT2D eigenvalue weighted by Crippen LogP contribution is -2.27. The fraction of sp³-hybridized carbons (Fsp3) is 0.429. The van der Waals surface area contributed by atoms with Gasteiger partial charge in [-0.1, -0.05) is 11.8 Å². The molecule has 1 aromatic heterocycles. The first-order valence-corrected chi connectivity index (χ1v) is 5.90. The van der Waals surface area contributed by atoms with Crippen LogP contribution in [0.15, 0.2) is 18.3 Å². The first-order chi connectivity index (χ1) is 8.90. The van der Waals surface area contributed by atoms with E-state index >= 15 is 0 Å². The molecule has 0 bridgehead atoms. The van der Waals surface area contributed by atoms with Crippen molar-refractivity contribution in [2.75, 3.05) is 18.5 Å². The van der Waals surface area contributed by atoms with Gasteiger partial charge in [0.15, 0.2) is 0 Å². The third-order valence-electron chi connectivity index (χ3n) is 1.98. The van der Waals surface area contributed by atoms with Crippen LogP contribution in [0.4, 0.5) is 5.82 Å². The number of pyridine rings is 1. The topological polar surface area (TPSA) is 71.5 Å². The zero-order chi connectivity index (χ0) is 14.3. The molecule has 0 spiro atoms. The number of aliphatic hydroxyl groups excluding tert-OH is 1. The molecule has 0 fully saturated rings. The van der Waals surface area contributed by atoms with Crippen molar-refractivity contribution in [2.45, 2.75) is 26.4 Å². The Morgan fingerprint density at radius 1 is 1.53 bits per heavy atom. The largest absolute Gasteiger partial charge is 0.384 e. The maximum atomic E-state index is 11.6. The average molecular weight is 262 g/mol. The third kappa shape index (κ3) is 6.55. The number of hydrogen-bond donors (Lipinski definition) is 2. The first kappa shape index (κ1) is 15.2. The Kier molecular flexibility index (Phi) is 5.49. The van der Waals surface area contributed by atoms with E-state index in [0.717, 1.165) is 0 Å². The number of carbonyl (C=O) groups excluding carboxylic acids is 1. The standard InChI is InChI=1S/C14H18N2O3/c1-14(2,3)19-10-13(18)16-12-9-11(5-4-8-17)6-7-15-12/h6-7,9,17H,8,10H2,1-3H3,(H,15,16,18). The number of anilines is 1. The minimum Gasteiger partial charge on any atom is -0.384 e. The molecule has 0 aliphatic heterocycles. The van der Waals surface area contributed by atoms with Crippen molar-refractivity contribution in [3.8, 4) is 11.8 Å². The van der Waals surface area contributed by atoms with Crippen LogP contribution in [-0.2, 0) is 9.53 Å². The molecule has 2 N–H and O–H groups in total. The van der Waals surface area contributed by atoms with Crippen LogP contribution < -0.4 is 5.32 Å². The van der Waals surface area contributed by atoms with Crippen LogP contribution in [0.25, 0.3) is 0 Å². The highest BCUT2D eigenvalue weighted by Gasteiger charge is 2.13. The van der Waals surface area contributed by atoms with Gasteiger partial charge in [0.2, 0.25) is 0 Å². The van der Waals surface area contributed by atoms with E-state index in [9.17, 15) is 4.79 Å². The molecule has 1 amide bonds. The second-order valence-corrected chi connectivity index (χ2v) is 4.84. The number of nitrogens with zero attached hydrogens (tertiary/aromatic N) is 1. The Bertz CT molecular complexity index is 495. The van der Waals surface area contributed by atoms with Crippen LogP contribution in [0.2, 0.25) is 0 Å². The van der Waals surface area contributed by atoms with E-state index in [-0.39, 0.29) is 24.7 Å². The Hall–Kier alpha value is -1.90. The monoisotopic (exact) mass is 262 g/mol. The summed E-state index contributed by atoms with van der Waals surface area (Å²) in [4.78, 5) is 15.6. The summed E-state index contributed by atoms with van der Waals surface area (Å²) in [7, 11) is 0. The highest BCUT2D eigenvalue weighted by atomic mass is 16.5. The summed E-state index contributed by atoms with van der Waals surface area (Å²) in [5.41, 5.74) is 0.315. The van der Waals surface area contributed by atoms with E-state index < -0.39 is 0 Å². The Balaban J connectivity index is 2.59. The van der Waals surface area contributed by atoms with Gasteiger partial charge in [-0.15, -0.1) is 0 Å². The molecule has 0 atom stereocenters. The van der Waals surface area contributed by atoms with E-state index in [4.69, 9.17) is 9.84 Å². The van der Waals surface area contributed by atoms with Crippen molar-refractivity contribution in [3.63, 3.8) is 0 Å². The van der Waals surface area contributed by atoms with Gasteiger partial charge in [0.1, 0.15) is 19.0 Å². The minimum atomic E-state index is -0.362. The molecule has 19 heavy (non-hydrogen) atoms. The SMILES string of the molecule is CC(C)(C)OCC(=O)Nc1cc(C#CCO)ccn1. The van der Waals surface area contributed by atoms with Crippen molar-refractivity contribution in [3.05, 3.63) is 23.9 Å². The van der Waals surface area contributed by atoms with E-state index in [1.807, 2.05) is 20.8 Å². The summed E-state index contributed by atoms with van der Waals surface area (Å²) in [6.45, 7) is 5.40. The molecular formula is C14H18N2O3. The zero-order valence-electron chi connectivity index (χ0n) is 11.4. The van der Waals surface area contributed by atoms with Gasteiger partial charge in [-0.3, -0.25) is 4.79 Å². The van der Waals surface area contributed by atoms with Gasteiger partial charge >= 0.3 is 0 Å². The smallest absolute Gasteiger partial charge is 0.251 e. The fourth-order valence-corrected chi connectivity index (χ4v) is 1.18. The van der Waals surface area contributed by atoms with Gasteiger partial charge in [-0.25, -0.2) is 4.98 Å². The fourth-order valence-electron chi connectivity index (χ4n) is 1.18. The zero-order valence-corrected chi connectivity index (χ0v) is 11.4. The van der Waals surface area contributed by atoms with Crippen LogP contribution in [0, 0.1) is 11.8 Å². The minimum absolute atomic E-state index is 0.0300. The summed E-state index contributed by atoms with van der Waals surface area (Å²) >= 11 is 0. The normalized spacial score (nSPS) is 10.5. The molecule has 1 heterocycles. The molecule has 102 valence electrons. The van der Waals surface area contributed by atoms with E-state index in [1.54, 1.807) is 18.3 Å². The van der Waals surface area contributed by atoms with Crippen molar-refractivity contribution in [1.82, 2.24) is 4.98 Å². The van der Waals surface area contributed by atoms with Crippen molar-refractivity contribution in [1.29, 1.82) is 0 Å². The molecular weight excluding hydrogens is 244 g/mol. The van der Waals surface area contributed by atoms with Gasteiger partial charge in [0, 0.05) is 11.8 Å². The average Bonchev–Trinajstić information content (AvgIpc) is 2.33. The Morgan fingerprint density at radius 2 is 2.26 bits per heavy atom. The molecule has 0 radical (unpaired) electrons. The molecule has 5 heteroatoms. The van der Waals surface area contributed by atoms with Gasteiger partial charge in [-0.2, -0.15) is 0 Å². The quantitative estimate of drug-likeness (QED) is 0.802. The Morgan fingerprint density at radius 3 is 2.89 bits per heavy atom. The molecule has 5 nitrogen and oxygen atoms in total. The molecule has 0 saturated carbocycles. The summed E-state index contributed by atoms with van der Waals surface area (Å²) in [6, 6.07) is 3.33. The second-order valence-electron chi connectivity index (χ2n) is 4.84. The summed E-state index contributed by atoms with van der Waals surface area (Å²) < 4.78 is 5.36. The number of aromatic nitrogens is 1. The summed E-state index contributed by atoms with van der Waals surface area (Å²) in [6.07, 6.45) is 1.54. The molecule has 1 rings (SSSR count). The van der Waals surface area contributed by atoms with Crippen LogP contribution in [0.3, 0.4) is 0 Å². The number of nitrogens with one attached hydrogen (secondary N) is 1. The molecule has 0 aliphatic rings. The molecule has 0 unspecified atom stereocenters. The maximum Gasteiger partial charge on any atom is 0.251 e. The molecule has 0 saturated heterocycles.